The second-order valence-corrected chi connectivity index (χ2v) is 5.31. The third kappa shape index (κ3) is 3.63. The number of anilines is 1. The molecule has 118 valence electrons. The summed E-state index contributed by atoms with van der Waals surface area (Å²) >= 11 is 0. The maximum Gasteiger partial charge on any atom is 0.325 e. The SMILES string of the molecule is CCCC1NC(=O)N(CC(=O)Nc2ccc(CC)cc2)C1=O. The predicted octanol–water partition coefficient (Wildman–Crippen LogP) is 1.91. The number of nitrogens with one attached hydrogen (secondary N) is 2. The van der Waals surface area contributed by atoms with Gasteiger partial charge in [0.05, 0.1) is 0 Å². The van der Waals surface area contributed by atoms with Crippen LogP contribution >= 0.6 is 0 Å². The average Bonchev–Trinajstić information content (AvgIpc) is 2.76. The molecule has 1 aliphatic rings. The summed E-state index contributed by atoms with van der Waals surface area (Å²) in [5, 5.41) is 5.29. The zero-order chi connectivity index (χ0) is 16.1. The van der Waals surface area contributed by atoms with Crippen LogP contribution in [0.1, 0.15) is 32.3 Å². The largest absolute Gasteiger partial charge is 0.326 e. The standard InChI is InChI=1S/C16H21N3O3/c1-3-5-13-15(21)19(16(22)18-13)10-14(20)17-12-8-6-11(4-2)7-9-12/h6-9,13H,3-5,10H2,1-2H3,(H,17,20)(H,18,22). The minimum Gasteiger partial charge on any atom is -0.326 e. The van der Waals surface area contributed by atoms with Crippen molar-refractivity contribution in [1.29, 1.82) is 0 Å². The number of carbonyl (C=O) groups is 3. The first-order valence-corrected chi connectivity index (χ1v) is 7.55. The van der Waals surface area contributed by atoms with Gasteiger partial charge in [0.15, 0.2) is 0 Å². The Balaban J connectivity index is 1.93. The fourth-order valence-electron chi connectivity index (χ4n) is 2.38. The number of rotatable bonds is 6. The highest BCUT2D eigenvalue weighted by atomic mass is 16.2. The van der Waals surface area contributed by atoms with E-state index >= 15 is 0 Å². The number of carbonyl (C=O) groups excluding carboxylic acids is 3. The number of amides is 4. The summed E-state index contributed by atoms with van der Waals surface area (Å²) in [7, 11) is 0. The van der Waals surface area contributed by atoms with Crippen LogP contribution in [0.5, 0.6) is 0 Å². The molecule has 2 rings (SSSR count). The van der Waals surface area contributed by atoms with E-state index < -0.39 is 12.1 Å². The topological polar surface area (TPSA) is 78.5 Å². The number of nitrogens with zero attached hydrogens (tertiary/aromatic N) is 1. The van der Waals surface area contributed by atoms with Gasteiger partial charge >= 0.3 is 6.03 Å². The molecule has 1 aromatic rings. The zero-order valence-corrected chi connectivity index (χ0v) is 12.9. The van der Waals surface area contributed by atoms with E-state index in [1.807, 2.05) is 31.2 Å². The molecule has 22 heavy (non-hydrogen) atoms. The molecule has 1 atom stereocenters. The predicted molar refractivity (Wildman–Crippen MR) is 83.4 cm³/mol. The lowest BCUT2D eigenvalue weighted by Crippen LogP contribution is -2.38. The van der Waals surface area contributed by atoms with Gasteiger partial charge in [-0.3, -0.25) is 14.5 Å². The van der Waals surface area contributed by atoms with E-state index in [9.17, 15) is 14.4 Å². The number of hydrogen-bond donors (Lipinski definition) is 2. The molecule has 1 aromatic carbocycles. The minimum absolute atomic E-state index is 0.263. The Morgan fingerprint density at radius 3 is 2.50 bits per heavy atom. The van der Waals surface area contributed by atoms with Crippen molar-refractivity contribution in [3.05, 3.63) is 29.8 Å². The van der Waals surface area contributed by atoms with Crippen LogP contribution in [-0.4, -0.2) is 35.3 Å². The van der Waals surface area contributed by atoms with Crippen LogP contribution in [0.4, 0.5) is 10.5 Å². The van der Waals surface area contributed by atoms with E-state index in [4.69, 9.17) is 0 Å². The van der Waals surface area contributed by atoms with Gasteiger partial charge in [-0.15, -0.1) is 0 Å². The number of aryl methyl sites for hydroxylation is 1. The summed E-state index contributed by atoms with van der Waals surface area (Å²) in [6.45, 7) is 3.73. The first-order valence-electron chi connectivity index (χ1n) is 7.55. The Labute approximate surface area is 129 Å². The van der Waals surface area contributed by atoms with Crippen molar-refractivity contribution in [3.8, 4) is 0 Å². The zero-order valence-electron chi connectivity index (χ0n) is 12.9. The molecule has 0 radical (unpaired) electrons. The average molecular weight is 303 g/mol. The van der Waals surface area contributed by atoms with Crippen molar-refractivity contribution in [2.75, 3.05) is 11.9 Å². The fourth-order valence-corrected chi connectivity index (χ4v) is 2.38. The van der Waals surface area contributed by atoms with Crippen molar-refractivity contribution >= 4 is 23.5 Å². The summed E-state index contributed by atoms with van der Waals surface area (Å²) in [5.74, 6) is -0.715. The van der Waals surface area contributed by atoms with Crippen LogP contribution < -0.4 is 10.6 Å². The lowest BCUT2D eigenvalue weighted by Gasteiger charge is -2.13. The molecular weight excluding hydrogens is 282 g/mol. The summed E-state index contributed by atoms with van der Waals surface area (Å²) in [6, 6.07) is 6.47. The van der Waals surface area contributed by atoms with Gasteiger partial charge in [-0.25, -0.2) is 4.79 Å². The van der Waals surface area contributed by atoms with E-state index in [-0.39, 0.29) is 18.4 Å². The van der Waals surface area contributed by atoms with Gasteiger partial charge in [0.2, 0.25) is 5.91 Å². The number of urea groups is 1. The molecule has 6 nitrogen and oxygen atoms in total. The van der Waals surface area contributed by atoms with Crippen molar-refractivity contribution in [2.45, 2.75) is 39.2 Å². The molecule has 1 aliphatic heterocycles. The van der Waals surface area contributed by atoms with E-state index in [1.165, 1.54) is 5.56 Å². The first-order chi connectivity index (χ1) is 10.5. The van der Waals surface area contributed by atoms with Gasteiger partial charge in [0, 0.05) is 5.69 Å². The molecule has 0 saturated carbocycles. The molecule has 4 amide bonds. The molecule has 0 spiro atoms. The van der Waals surface area contributed by atoms with Crippen LogP contribution in [-0.2, 0) is 16.0 Å². The van der Waals surface area contributed by atoms with Crippen LogP contribution in [0, 0.1) is 0 Å². The Hall–Kier alpha value is -2.37. The van der Waals surface area contributed by atoms with Crippen LogP contribution in [0.15, 0.2) is 24.3 Å². The van der Waals surface area contributed by atoms with E-state index in [0.717, 1.165) is 17.7 Å². The monoisotopic (exact) mass is 303 g/mol. The molecule has 0 bridgehead atoms. The van der Waals surface area contributed by atoms with E-state index in [1.54, 1.807) is 0 Å². The smallest absolute Gasteiger partial charge is 0.325 e. The molecule has 1 saturated heterocycles. The van der Waals surface area contributed by atoms with Crippen molar-refractivity contribution in [2.24, 2.45) is 0 Å². The molecule has 1 unspecified atom stereocenters. The van der Waals surface area contributed by atoms with Gasteiger partial charge < -0.3 is 10.6 Å². The second kappa shape index (κ2) is 7.06. The molecule has 1 fully saturated rings. The highest BCUT2D eigenvalue weighted by molar-refractivity contribution is 6.07. The molecule has 0 aromatic heterocycles. The van der Waals surface area contributed by atoms with E-state index in [0.29, 0.717) is 12.1 Å². The van der Waals surface area contributed by atoms with Gasteiger partial charge in [-0.1, -0.05) is 32.4 Å². The Kier molecular flexibility index (Phi) is 5.14. The fraction of sp³-hybridized carbons (Fsp3) is 0.438. The van der Waals surface area contributed by atoms with Gasteiger partial charge in [0.1, 0.15) is 12.6 Å². The molecule has 0 aliphatic carbocycles. The number of imide groups is 1. The van der Waals surface area contributed by atoms with Gasteiger partial charge in [0.25, 0.3) is 5.91 Å². The molecular formula is C16H21N3O3. The maximum absolute atomic E-state index is 12.0. The Morgan fingerprint density at radius 1 is 1.23 bits per heavy atom. The highest BCUT2D eigenvalue weighted by Gasteiger charge is 2.38. The number of hydrogen-bond acceptors (Lipinski definition) is 3. The van der Waals surface area contributed by atoms with Gasteiger partial charge in [-0.2, -0.15) is 0 Å². The maximum atomic E-state index is 12.0. The van der Waals surface area contributed by atoms with Gasteiger partial charge in [-0.05, 0) is 30.5 Å². The molecule has 2 N–H and O–H groups in total. The first kappa shape index (κ1) is 16.0. The Morgan fingerprint density at radius 2 is 1.91 bits per heavy atom. The third-order valence-corrected chi connectivity index (χ3v) is 3.63. The Bertz CT molecular complexity index is 569. The quantitative estimate of drug-likeness (QED) is 0.788. The summed E-state index contributed by atoms with van der Waals surface area (Å²) < 4.78 is 0. The number of benzene rings is 1. The van der Waals surface area contributed by atoms with Crippen molar-refractivity contribution < 1.29 is 14.4 Å². The normalized spacial score (nSPS) is 17.5. The highest BCUT2D eigenvalue weighted by Crippen LogP contribution is 2.13. The van der Waals surface area contributed by atoms with Crippen LogP contribution in [0.2, 0.25) is 0 Å². The van der Waals surface area contributed by atoms with E-state index in [2.05, 4.69) is 17.6 Å². The van der Waals surface area contributed by atoms with Crippen molar-refractivity contribution in [3.63, 3.8) is 0 Å². The summed E-state index contributed by atoms with van der Waals surface area (Å²) in [6.07, 6.45) is 2.30. The second-order valence-electron chi connectivity index (χ2n) is 5.31. The molecule has 6 heteroatoms. The van der Waals surface area contributed by atoms with Crippen LogP contribution in [0.25, 0.3) is 0 Å². The van der Waals surface area contributed by atoms with Crippen molar-refractivity contribution in [1.82, 2.24) is 10.2 Å². The minimum atomic E-state index is -0.505. The summed E-state index contributed by atoms with van der Waals surface area (Å²) in [5.41, 5.74) is 1.83. The lowest BCUT2D eigenvalue weighted by molar-refractivity contribution is -0.130. The summed E-state index contributed by atoms with van der Waals surface area (Å²) in [4.78, 5) is 36.8. The third-order valence-electron chi connectivity index (χ3n) is 3.63. The molecule has 1 heterocycles. The lowest BCUT2D eigenvalue weighted by atomic mass is 10.1. The van der Waals surface area contributed by atoms with Crippen LogP contribution in [0.3, 0.4) is 0 Å².